The summed E-state index contributed by atoms with van der Waals surface area (Å²) >= 11 is 14.0. The lowest BCUT2D eigenvalue weighted by Gasteiger charge is -2.39. The number of rotatable bonds is 5. The maximum Gasteiger partial charge on any atom is 0.408 e. The second-order valence-corrected chi connectivity index (χ2v) is 16.0. The smallest absolute Gasteiger partial charge is 0.408 e. The highest BCUT2D eigenvalue weighted by Crippen LogP contribution is 2.47. The first-order valence-electron chi connectivity index (χ1n) is 16.1. The lowest BCUT2D eigenvalue weighted by molar-refractivity contribution is -0.136. The fourth-order valence-corrected chi connectivity index (χ4v) is 8.77. The molecule has 3 aliphatic rings. The Morgan fingerprint density at radius 3 is 2.27 bits per heavy atom. The van der Waals surface area contributed by atoms with E-state index < -0.39 is 17.7 Å². The number of benzene rings is 2. The van der Waals surface area contributed by atoms with E-state index in [4.69, 9.17) is 16.3 Å². The van der Waals surface area contributed by atoms with E-state index in [0.29, 0.717) is 25.4 Å². The number of aryl methyl sites for hydroxylation is 2. The van der Waals surface area contributed by atoms with Crippen molar-refractivity contribution in [2.75, 3.05) is 26.2 Å². The summed E-state index contributed by atoms with van der Waals surface area (Å²) < 4.78 is 7.46. The molecule has 45 heavy (non-hydrogen) atoms. The van der Waals surface area contributed by atoms with Crippen LogP contribution in [0.3, 0.4) is 0 Å². The third-order valence-electron chi connectivity index (χ3n) is 9.45. The Kier molecular flexibility index (Phi) is 10.9. The minimum Gasteiger partial charge on any atom is -0.444 e. The molecule has 0 bridgehead atoms. The number of piperidine rings is 2. The highest BCUT2D eigenvalue weighted by molar-refractivity contribution is 9.10. The number of hydrogen-bond donors (Lipinski definition) is 1. The largest absolute Gasteiger partial charge is 0.444 e. The molecule has 2 saturated heterocycles. The van der Waals surface area contributed by atoms with Gasteiger partial charge in [0.1, 0.15) is 11.6 Å². The van der Waals surface area contributed by atoms with E-state index in [0.717, 1.165) is 65.6 Å². The average Bonchev–Trinajstić information content (AvgIpc) is 3.13. The fraction of sp³-hybridized carbons (Fsp3) is 0.571. The van der Waals surface area contributed by atoms with Gasteiger partial charge in [-0.15, -0.1) is 0 Å². The van der Waals surface area contributed by atoms with Crippen molar-refractivity contribution in [3.05, 3.63) is 66.6 Å². The number of carbonyl (C=O) groups is 3. The van der Waals surface area contributed by atoms with Crippen molar-refractivity contribution in [3.8, 4) is 0 Å². The maximum atomic E-state index is 13.4. The first kappa shape index (κ1) is 34.2. The summed E-state index contributed by atoms with van der Waals surface area (Å²) in [5.74, 6) is 1.04. The van der Waals surface area contributed by atoms with Gasteiger partial charge < -0.3 is 19.9 Å². The number of hydrogen-bond acceptors (Lipinski definition) is 4. The van der Waals surface area contributed by atoms with Crippen molar-refractivity contribution in [3.63, 3.8) is 0 Å². The van der Waals surface area contributed by atoms with Crippen molar-refractivity contribution in [2.45, 2.75) is 90.2 Å². The van der Waals surface area contributed by atoms with Crippen LogP contribution in [0.15, 0.2) is 39.3 Å². The molecule has 2 aliphatic heterocycles. The molecule has 1 N–H and O–H groups in total. The zero-order chi connectivity index (χ0) is 32.5. The number of carbonyl (C=O) groups excluding carboxylic acids is 3. The first-order valence-corrected chi connectivity index (χ1v) is 18.1. The lowest BCUT2D eigenvalue weighted by atomic mass is 9.74. The number of amides is 3. The Morgan fingerprint density at radius 1 is 0.956 bits per heavy atom. The molecule has 0 radical (unpaired) electrons. The third-order valence-corrected chi connectivity index (χ3v) is 10.8. The first-order chi connectivity index (χ1) is 21.3. The molecule has 0 spiro atoms. The van der Waals surface area contributed by atoms with Crippen molar-refractivity contribution in [2.24, 2.45) is 11.8 Å². The molecule has 244 valence electrons. The number of fused-ring (bicyclic) bond motifs is 2. The summed E-state index contributed by atoms with van der Waals surface area (Å²) in [5.41, 5.74) is 4.81. The van der Waals surface area contributed by atoms with Crippen LogP contribution in [0.5, 0.6) is 0 Å². The van der Waals surface area contributed by atoms with Crippen LogP contribution in [0, 0.1) is 11.8 Å². The Bertz CT molecular complexity index is 1430. The standard InChI is InChI=1S/C35H44Br2ClN3O4/c1-21(39-34(44)45-35(2,3)4)33(43)41-13-9-22(10-14-41)17-30(42)40-15-11-23(12-16-40)31-28-8-7-26(36)18-24(28)5-6-25-19-27(38)20-29(37)32(25)31/h7-8,18-23,31H,5-6,9-17H2,1-4H3,(H,39,44)/t21-,31+/m1/s1. The van der Waals surface area contributed by atoms with Crippen LogP contribution in [-0.4, -0.2) is 65.5 Å². The zero-order valence-corrected chi connectivity index (χ0v) is 30.6. The van der Waals surface area contributed by atoms with Crippen LogP contribution in [0.4, 0.5) is 4.79 Å². The summed E-state index contributed by atoms with van der Waals surface area (Å²) in [7, 11) is 0. The molecule has 0 aromatic heterocycles. The Hall–Kier alpha value is -2.10. The monoisotopic (exact) mass is 763 g/mol. The molecule has 2 aromatic rings. The topological polar surface area (TPSA) is 79.0 Å². The van der Waals surface area contributed by atoms with Gasteiger partial charge in [-0.1, -0.05) is 49.5 Å². The van der Waals surface area contributed by atoms with E-state index in [1.165, 1.54) is 22.3 Å². The van der Waals surface area contributed by atoms with Crippen LogP contribution in [-0.2, 0) is 27.2 Å². The van der Waals surface area contributed by atoms with E-state index in [-0.39, 0.29) is 23.7 Å². The number of ether oxygens (including phenoxy) is 1. The number of likely N-dealkylation sites (tertiary alicyclic amines) is 2. The Balaban J connectivity index is 1.16. The minimum absolute atomic E-state index is 0.115. The molecule has 2 atom stereocenters. The Morgan fingerprint density at radius 2 is 1.60 bits per heavy atom. The van der Waals surface area contributed by atoms with Gasteiger partial charge in [-0.05, 0) is 125 Å². The van der Waals surface area contributed by atoms with Crippen LogP contribution >= 0.6 is 43.5 Å². The summed E-state index contributed by atoms with van der Waals surface area (Å²) in [5, 5.41) is 3.40. The van der Waals surface area contributed by atoms with Crippen LogP contribution in [0.25, 0.3) is 0 Å². The summed E-state index contributed by atoms with van der Waals surface area (Å²) in [6.45, 7) is 9.76. The van der Waals surface area contributed by atoms with E-state index in [9.17, 15) is 14.4 Å². The molecule has 0 saturated carbocycles. The predicted molar refractivity (Wildman–Crippen MR) is 185 cm³/mol. The number of nitrogens with one attached hydrogen (secondary N) is 1. The molecular weight excluding hydrogens is 722 g/mol. The van der Waals surface area contributed by atoms with Crippen molar-refractivity contribution in [1.82, 2.24) is 15.1 Å². The summed E-state index contributed by atoms with van der Waals surface area (Å²) in [6.07, 6.45) is 5.34. The number of halogens is 3. The van der Waals surface area contributed by atoms with Crippen molar-refractivity contribution in [1.29, 1.82) is 0 Å². The van der Waals surface area contributed by atoms with Gasteiger partial charge in [0.15, 0.2) is 0 Å². The van der Waals surface area contributed by atoms with Crippen LogP contribution in [0.2, 0.25) is 5.02 Å². The maximum absolute atomic E-state index is 13.4. The summed E-state index contributed by atoms with van der Waals surface area (Å²) in [4.78, 5) is 42.3. The molecule has 2 fully saturated rings. The van der Waals surface area contributed by atoms with Crippen LogP contribution < -0.4 is 5.32 Å². The van der Waals surface area contributed by atoms with Gasteiger partial charge in [-0.3, -0.25) is 9.59 Å². The molecule has 5 rings (SSSR count). The molecule has 2 heterocycles. The Labute approximate surface area is 289 Å². The molecule has 7 nitrogen and oxygen atoms in total. The second-order valence-electron chi connectivity index (χ2n) is 13.8. The second kappa shape index (κ2) is 14.3. The van der Waals surface area contributed by atoms with E-state index in [1.807, 2.05) is 6.07 Å². The van der Waals surface area contributed by atoms with Gasteiger partial charge in [0, 0.05) is 52.5 Å². The zero-order valence-electron chi connectivity index (χ0n) is 26.6. The quantitative estimate of drug-likeness (QED) is 0.336. The van der Waals surface area contributed by atoms with Gasteiger partial charge in [0.05, 0.1) is 0 Å². The molecule has 1 aliphatic carbocycles. The SMILES string of the molecule is C[C@@H](NC(=O)OC(C)(C)C)C(=O)N1CCC(CC(=O)N2CCC([C@H]3c4ccc(Br)cc4CCc4cc(Cl)cc(Br)c43)CC2)CC1. The highest BCUT2D eigenvalue weighted by atomic mass is 79.9. The predicted octanol–water partition coefficient (Wildman–Crippen LogP) is 7.88. The molecule has 10 heteroatoms. The normalized spacial score (nSPS) is 20.1. The molecular formula is C35H44Br2ClN3O4. The van der Waals surface area contributed by atoms with E-state index in [1.54, 1.807) is 32.6 Å². The van der Waals surface area contributed by atoms with E-state index >= 15 is 0 Å². The third kappa shape index (κ3) is 8.44. The van der Waals surface area contributed by atoms with Crippen molar-refractivity contribution >= 4 is 61.4 Å². The fourth-order valence-electron chi connectivity index (χ4n) is 7.24. The van der Waals surface area contributed by atoms with Gasteiger partial charge in [-0.2, -0.15) is 0 Å². The van der Waals surface area contributed by atoms with Gasteiger partial charge in [0.25, 0.3) is 0 Å². The molecule has 2 aromatic carbocycles. The van der Waals surface area contributed by atoms with Gasteiger partial charge >= 0.3 is 6.09 Å². The van der Waals surface area contributed by atoms with Crippen molar-refractivity contribution < 1.29 is 19.1 Å². The number of alkyl carbamates (subject to hydrolysis) is 1. The molecule has 3 amide bonds. The minimum atomic E-state index is -0.661. The van der Waals surface area contributed by atoms with E-state index in [2.05, 4.69) is 66.3 Å². The van der Waals surface area contributed by atoms with Crippen LogP contribution in [0.1, 0.15) is 88.0 Å². The molecule has 0 unspecified atom stereocenters. The van der Waals surface area contributed by atoms with Gasteiger partial charge in [0.2, 0.25) is 11.8 Å². The number of nitrogens with zero attached hydrogens (tertiary/aromatic N) is 2. The average molecular weight is 766 g/mol. The highest BCUT2D eigenvalue weighted by Gasteiger charge is 2.36. The van der Waals surface area contributed by atoms with Gasteiger partial charge in [-0.25, -0.2) is 4.79 Å². The summed E-state index contributed by atoms with van der Waals surface area (Å²) in [6, 6.07) is 10.2. The lowest BCUT2D eigenvalue weighted by Crippen LogP contribution is -2.50.